The van der Waals surface area contributed by atoms with Crippen molar-refractivity contribution in [2.45, 2.75) is 12.8 Å². The normalized spacial score (nSPS) is 9.80. The third kappa shape index (κ3) is 4.41. The molecule has 0 saturated carbocycles. The summed E-state index contributed by atoms with van der Waals surface area (Å²) in [5.74, 6) is -4.47. The Kier molecular flexibility index (Phi) is 4.79. The highest BCUT2D eigenvalue weighted by Gasteiger charge is 2.13. The molecule has 0 aromatic heterocycles. The molecule has 0 spiro atoms. The van der Waals surface area contributed by atoms with Crippen LogP contribution in [0.25, 0.3) is 0 Å². The molecule has 0 unspecified atom stereocenters. The molecule has 20 heavy (non-hydrogen) atoms. The molecule has 4 N–H and O–H groups in total. The Morgan fingerprint density at radius 2 is 1.35 bits per heavy atom. The van der Waals surface area contributed by atoms with E-state index in [1.807, 2.05) is 0 Å². The number of hydrogen-bond acceptors (Lipinski definition) is 4. The Morgan fingerprint density at radius 3 is 1.75 bits per heavy atom. The smallest absolute Gasteiger partial charge is 0.335 e. The van der Waals surface area contributed by atoms with Gasteiger partial charge in [-0.2, -0.15) is 0 Å². The van der Waals surface area contributed by atoms with Crippen LogP contribution in [0.4, 0.5) is 5.69 Å². The van der Waals surface area contributed by atoms with Gasteiger partial charge in [-0.15, -0.1) is 0 Å². The fraction of sp³-hybridized carbons (Fsp3) is 0.167. The largest absolute Gasteiger partial charge is 0.481 e. The maximum Gasteiger partial charge on any atom is 0.335 e. The predicted octanol–water partition coefficient (Wildman–Crippen LogP) is 0.886. The summed E-state index contributed by atoms with van der Waals surface area (Å²) in [5, 5.41) is 28.4. The van der Waals surface area contributed by atoms with Gasteiger partial charge in [0.05, 0.1) is 17.5 Å². The van der Waals surface area contributed by atoms with Crippen LogP contribution in [0.3, 0.4) is 0 Å². The van der Waals surface area contributed by atoms with Crippen molar-refractivity contribution in [2.24, 2.45) is 0 Å². The summed E-state index contributed by atoms with van der Waals surface area (Å²) in [7, 11) is 0. The van der Waals surface area contributed by atoms with Gasteiger partial charge in [-0.1, -0.05) is 0 Å². The Labute approximate surface area is 112 Å². The maximum atomic E-state index is 11.4. The molecule has 0 aliphatic rings. The number of carboxylic acid groups (broad SMARTS) is 3. The number of anilines is 1. The summed E-state index contributed by atoms with van der Waals surface area (Å²) < 4.78 is 0. The SMILES string of the molecule is O=C(O)CCC(=O)Nc1cc(C(=O)O)cc(C(=O)O)c1. The molecule has 8 heteroatoms. The molecule has 0 saturated heterocycles. The standard InChI is InChI=1S/C12H11NO7/c14-9(1-2-10(15)16)13-8-4-6(11(17)18)3-7(5-8)12(19)20/h3-5H,1-2H2,(H,13,14)(H,15,16)(H,17,18)(H,19,20). The van der Waals surface area contributed by atoms with Crippen molar-refractivity contribution in [3.8, 4) is 0 Å². The lowest BCUT2D eigenvalue weighted by atomic mass is 10.1. The number of hydrogen-bond donors (Lipinski definition) is 4. The number of amides is 1. The van der Waals surface area contributed by atoms with Crippen molar-refractivity contribution >= 4 is 29.5 Å². The fourth-order valence-electron chi connectivity index (χ4n) is 1.39. The molecule has 0 radical (unpaired) electrons. The lowest BCUT2D eigenvalue weighted by Crippen LogP contribution is -2.14. The summed E-state index contributed by atoms with van der Waals surface area (Å²) in [4.78, 5) is 43.4. The van der Waals surface area contributed by atoms with E-state index in [0.717, 1.165) is 18.2 Å². The molecule has 0 bridgehead atoms. The molecule has 0 fully saturated rings. The van der Waals surface area contributed by atoms with Gasteiger partial charge >= 0.3 is 17.9 Å². The van der Waals surface area contributed by atoms with Crippen LogP contribution in [-0.2, 0) is 9.59 Å². The molecule has 0 aliphatic heterocycles. The summed E-state index contributed by atoms with van der Waals surface area (Å²) in [6, 6.07) is 3.14. The van der Waals surface area contributed by atoms with Gasteiger partial charge in [0.1, 0.15) is 0 Å². The summed E-state index contributed by atoms with van der Waals surface area (Å²) in [6.07, 6.45) is -0.675. The van der Waals surface area contributed by atoms with Gasteiger partial charge in [0.15, 0.2) is 0 Å². The molecule has 1 amide bonds. The van der Waals surface area contributed by atoms with Gasteiger partial charge < -0.3 is 20.6 Å². The molecule has 1 aromatic carbocycles. The van der Waals surface area contributed by atoms with Crippen molar-refractivity contribution < 1.29 is 34.5 Å². The molecule has 1 aromatic rings. The molecule has 0 aliphatic carbocycles. The van der Waals surface area contributed by atoms with Crippen molar-refractivity contribution in [1.29, 1.82) is 0 Å². The van der Waals surface area contributed by atoms with Crippen LogP contribution in [0.1, 0.15) is 33.6 Å². The number of carboxylic acids is 3. The van der Waals surface area contributed by atoms with E-state index in [-0.39, 0.29) is 29.7 Å². The van der Waals surface area contributed by atoms with Crippen molar-refractivity contribution in [3.05, 3.63) is 29.3 Å². The minimum absolute atomic E-state index is 0.0160. The van der Waals surface area contributed by atoms with Gasteiger partial charge in [0, 0.05) is 12.1 Å². The van der Waals surface area contributed by atoms with E-state index in [1.54, 1.807) is 0 Å². The van der Waals surface area contributed by atoms with Crippen molar-refractivity contribution in [1.82, 2.24) is 0 Å². The van der Waals surface area contributed by atoms with Gasteiger partial charge in [-0.3, -0.25) is 9.59 Å². The van der Waals surface area contributed by atoms with E-state index in [4.69, 9.17) is 15.3 Å². The van der Waals surface area contributed by atoms with Gasteiger partial charge in [0.2, 0.25) is 5.91 Å². The average molecular weight is 281 g/mol. The third-order valence-electron chi connectivity index (χ3n) is 2.28. The lowest BCUT2D eigenvalue weighted by molar-refractivity contribution is -0.138. The summed E-state index contributed by atoms with van der Waals surface area (Å²) in [5.41, 5.74) is -0.602. The van der Waals surface area contributed by atoms with Crippen LogP contribution in [-0.4, -0.2) is 39.1 Å². The first-order valence-corrected chi connectivity index (χ1v) is 5.43. The number of aliphatic carboxylic acids is 1. The minimum atomic E-state index is -1.34. The predicted molar refractivity (Wildman–Crippen MR) is 65.9 cm³/mol. The van der Waals surface area contributed by atoms with Crippen LogP contribution in [0, 0.1) is 0 Å². The maximum absolute atomic E-state index is 11.4. The second-order valence-corrected chi connectivity index (χ2v) is 3.85. The average Bonchev–Trinajstić information content (AvgIpc) is 2.35. The highest BCUT2D eigenvalue weighted by molar-refractivity contribution is 5.98. The number of aromatic carboxylic acids is 2. The first kappa shape index (κ1) is 15.2. The van der Waals surface area contributed by atoms with Gasteiger partial charge in [-0.25, -0.2) is 9.59 Å². The fourth-order valence-corrected chi connectivity index (χ4v) is 1.39. The van der Waals surface area contributed by atoms with Crippen LogP contribution in [0.5, 0.6) is 0 Å². The third-order valence-corrected chi connectivity index (χ3v) is 2.28. The highest BCUT2D eigenvalue weighted by atomic mass is 16.4. The van der Waals surface area contributed by atoms with E-state index in [9.17, 15) is 19.2 Å². The quantitative estimate of drug-likeness (QED) is 0.606. The van der Waals surface area contributed by atoms with Crippen LogP contribution in [0.15, 0.2) is 18.2 Å². The van der Waals surface area contributed by atoms with Gasteiger partial charge in [-0.05, 0) is 18.2 Å². The zero-order valence-electron chi connectivity index (χ0n) is 10.1. The number of nitrogens with one attached hydrogen (secondary N) is 1. The van der Waals surface area contributed by atoms with E-state index >= 15 is 0 Å². The molecule has 106 valence electrons. The number of benzene rings is 1. The van der Waals surface area contributed by atoms with Crippen LogP contribution >= 0.6 is 0 Å². The first-order valence-electron chi connectivity index (χ1n) is 5.43. The molecular weight excluding hydrogens is 270 g/mol. The molecule has 1 rings (SSSR count). The van der Waals surface area contributed by atoms with Crippen molar-refractivity contribution in [3.63, 3.8) is 0 Å². The van der Waals surface area contributed by atoms with E-state index in [0.29, 0.717) is 0 Å². The minimum Gasteiger partial charge on any atom is -0.481 e. The van der Waals surface area contributed by atoms with Gasteiger partial charge in [0.25, 0.3) is 0 Å². The Balaban J connectivity index is 2.94. The van der Waals surface area contributed by atoms with Crippen LogP contribution < -0.4 is 5.32 Å². The van der Waals surface area contributed by atoms with Crippen LogP contribution in [0.2, 0.25) is 0 Å². The number of carbonyl (C=O) groups excluding carboxylic acids is 1. The Morgan fingerprint density at radius 1 is 0.850 bits per heavy atom. The zero-order valence-corrected chi connectivity index (χ0v) is 10.1. The number of rotatable bonds is 6. The summed E-state index contributed by atoms with van der Waals surface area (Å²) >= 11 is 0. The first-order chi connectivity index (χ1) is 9.29. The molecule has 0 heterocycles. The topological polar surface area (TPSA) is 141 Å². The van der Waals surface area contributed by atoms with E-state index < -0.39 is 23.8 Å². The van der Waals surface area contributed by atoms with Crippen molar-refractivity contribution in [2.75, 3.05) is 5.32 Å². The zero-order chi connectivity index (χ0) is 15.3. The Hall–Kier alpha value is -2.90. The monoisotopic (exact) mass is 281 g/mol. The molecule has 0 atom stereocenters. The summed E-state index contributed by atoms with van der Waals surface area (Å²) in [6.45, 7) is 0. The highest BCUT2D eigenvalue weighted by Crippen LogP contribution is 2.16. The van der Waals surface area contributed by atoms with E-state index in [2.05, 4.69) is 5.32 Å². The number of carbonyl (C=O) groups is 4. The van der Waals surface area contributed by atoms with E-state index in [1.165, 1.54) is 0 Å². The second-order valence-electron chi connectivity index (χ2n) is 3.85. The Bertz CT molecular complexity index is 547. The molecule has 8 nitrogen and oxygen atoms in total. The second kappa shape index (κ2) is 6.32. The molecular formula is C12H11NO7. The lowest BCUT2D eigenvalue weighted by Gasteiger charge is -2.07.